The van der Waals surface area contributed by atoms with E-state index in [-0.39, 0.29) is 5.69 Å². The Labute approximate surface area is 148 Å². The predicted octanol–water partition coefficient (Wildman–Crippen LogP) is 4.43. The van der Waals surface area contributed by atoms with Gasteiger partial charge in [0.05, 0.1) is 5.56 Å². The molecule has 5 nitrogen and oxygen atoms in total. The van der Waals surface area contributed by atoms with E-state index in [2.05, 4.69) is 20.6 Å². The minimum atomic E-state index is -4.37. The molecule has 1 heterocycles. The molecule has 1 aromatic heterocycles. The van der Waals surface area contributed by atoms with Crippen molar-refractivity contribution in [3.63, 3.8) is 0 Å². The van der Waals surface area contributed by atoms with Crippen LogP contribution in [0.1, 0.15) is 11.1 Å². The Morgan fingerprint density at radius 3 is 2.19 bits per heavy atom. The second kappa shape index (κ2) is 7.30. The minimum absolute atomic E-state index is 0.281. The summed E-state index contributed by atoms with van der Waals surface area (Å²) < 4.78 is 37.9. The van der Waals surface area contributed by atoms with E-state index in [1.165, 1.54) is 18.5 Å². The van der Waals surface area contributed by atoms with E-state index in [9.17, 15) is 13.2 Å². The second-order valence-corrected chi connectivity index (χ2v) is 5.52. The van der Waals surface area contributed by atoms with E-state index in [4.69, 9.17) is 5.73 Å². The molecule has 134 valence electrons. The average Bonchev–Trinajstić information content (AvgIpc) is 2.63. The Hall–Kier alpha value is -3.29. The zero-order valence-corrected chi connectivity index (χ0v) is 13.6. The third kappa shape index (κ3) is 4.21. The third-order valence-electron chi connectivity index (χ3n) is 3.66. The van der Waals surface area contributed by atoms with Gasteiger partial charge < -0.3 is 16.4 Å². The monoisotopic (exact) mass is 359 g/mol. The van der Waals surface area contributed by atoms with Crippen molar-refractivity contribution in [2.75, 3.05) is 16.4 Å². The highest BCUT2D eigenvalue weighted by Crippen LogP contribution is 2.31. The number of nitrogens with one attached hydrogen (secondary N) is 2. The summed E-state index contributed by atoms with van der Waals surface area (Å²) in [5.41, 5.74) is 7.13. The first-order chi connectivity index (χ1) is 12.4. The van der Waals surface area contributed by atoms with Crippen LogP contribution in [-0.4, -0.2) is 9.97 Å². The lowest BCUT2D eigenvalue weighted by Gasteiger charge is -2.13. The van der Waals surface area contributed by atoms with Gasteiger partial charge in [-0.05, 0) is 29.8 Å². The van der Waals surface area contributed by atoms with Gasteiger partial charge in [-0.2, -0.15) is 13.2 Å². The number of halogens is 3. The van der Waals surface area contributed by atoms with Crippen LogP contribution in [0.4, 0.5) is 36.2 Å². The van der Waals surface area contributed by atoms with Gasteiger partial charge in [-0.15, -0.1) is 0 Å². The largest absolute Gasteiger partial charge is 0.416 e. The molecular formula is C18H16F3N5. The fraction of sp³-hybridized carbons (Fsp3) is 0.111. The van der Waals surface area contributed by atoms with Crippen LogP contribution in [0, 0.1) is 0 Å². The minimum Gasteiger partial charge on any atom is -0.393 e. The van der Waals surface area contributed by atoms with Crippen molar-refractivity contribution in [1.29, 1.82) is 0 Å². The number of nitrogens with two attached hydrogens (primary N) is 1. The summed E-state index contributed by atoms with van der Waals surface area (Å²) in [5.74, 6) is 0.758. The number of aromatic nitrogens is 2. The van der Waals surface area contributed by atoms with Crippen LogP contribution in [0.25, 0.3) is 0 Å². The van der Waals surface area contributed by atoms with E-state index in [1.54, 1.807) is 0 Å². The van der Waals surface area contributed by atoms with E-state index >= 15 is 0 Å². The zero-order valence-electron chi connectivity index (χ0n) is 13.6. The van der Waals surface area contributed by atoms with Crippen LogP contribution in [-0.2, 0) is 12.7 Å². The van der Waals surface area contributed by atoms with Gasteiger partial charge in [0.15, 0.2) is 11.6 Å². The van der Waals surface area contributed by atoms with Crippen molar-refractivity contribution in [3.8, 4) is 0 Å². The molecular weight excluding hydrogens is 343 g/mol. The molecule has 0 aliphatic heterocycles. The molecule has 0 fully saturated rings. The molecule has 0 radical (unpaired) electrons. The normalized spacial score (nSPS) is 11.2. The molecule has 0 amide bonds. The number of alkyl halides is 3. The topological polar surface area (TPSA) is 75.9 Å². The molecule has 8 heteroatoms. The van der Waals surface area contributed by atoms with Gasteiger partial charge >= 0.3 is 6.18 Å². The van der Waals surface area contributed by atoms with Crippen LogP contribution in [0.5, 0.6) is 0 Å². The zero-order chi connectivity index (χ0) is 18.6. The quantitative estimate of drug-likeness (QED) is 0.628. The first-order valence-electron chi connectivity index (χ1n) is 7.76. The van der Waals surface area contributed by atoms with E-state index in [0.29, 0.717) is 23.9 Å². The van der Waals surface area contributed by atoms with Gasteiger partial charge in [0, 0.05) is 12.2 Å². The molecule has 26 heavy (non-hydrogen) atoms. The summed E-state index contributed by atoms with van der Waals surface area (Å²) in [5, 5.41) is 6.03. The maximum Gasteiger partial charge on any atom is 0.416 e. The Morgan fingerprint density at radius 1 is 0.885 bits per heavy atom. The summed E-state index contributed by atoms with van der Waals surface area (Å²) >= 11 is 0. The highest BCUT2D eigenvalue weighted by atomic mass is 19.4. The summed E-state index contributed by atoms with van der Waals surface area (Å²) in [4.78, 5) is 8.16. The average molecular weight is 359 g/mol. The first kappa shape index (κ1) is 17.5. The first-order valence-corrected chi connectivity index (χ1v) is 7.76. The Morgan fingerprint density at radius 2 is 1.54 bits per heavy atom. The number of nitrogens with zero attached hydrogens (tertiary/aromatic N) is 2. The standard InChI is InChI=1S/C18H16F3N5/c19-18(20,21)13-6-8-14(9-7-13)26-17-15(22)16(24-11-25-17)23-10-12-4-2-1-3-5-12/h1-9,11H,10,22H2,(H2,23,24,25,26). The Kier molecular flexibility index (Phi) is 4.92. The SMILES string of the molecule is Nc1c(NCc2ccccc2)ncnc1Nc1ccc(C(F)(F)F)cc1. The van der Waals surface area contributed by atoms with Crippen molar-refractivity contribution >= 4 is 23.0 Å². The number of rotatable bonds is 5. The molecule has 0 spiro atoms. The number of hydrogen-bond acceptors (Lipinski definition) is 5. The van der Waals surface area contributed by atoms with Crippen LogP contribution in [0.15, 0.2) is 60.9 Å². The molecule has 0 atom stereocenters. The lowest BCUT2D eigenvalue weighted by molar-refractivity contribution is -0.137. The highest BCUT2D eigenvalue weighted by molar-refractivity contribution is 5.77. The van der Waals surface area contributed by atoms with E-state index in [1.807, 2.05) is 30.3 Å². The van der Waals surface area contributed by atoms with Crippen molar-refractivity contribution < 1.29 is 13.2 Å². The smallest absolute Gasteiger partial charge is 0.393 e. The van der Waals surface area contributed by atoms with Crippen LogP contribution in [0.2, 0.25) is 0 Å². The summed E-state index contributed by atoms with van der Waals surface area (Å²) in [6, 6.07) is 14.3. The van der Waals surface area contributed by atoms with Crippen molar-refractivity contribution in [2.24, 2.45) is 0 Å². The van der Waals surface area contributed by atoms with Crippen molar-refractivity contribution in [3.05, 3.63) is 72.1 Å². The maximum atomic E-state index is 12.6. The van der Waals surface area contributed by atoms with Crippen LogP contribution in [0.3, 0.4) is 0 Å². The van der Waals surface area contributed by atoms with Crippen LogP contribution >= 0.6 is 0 Å². The molecule has 3 rings (SSSR count). The predicted molar refractivity (Wildman–Crippen MR) is 94.9 cm³/mol. The summed E-state index contributed by atoms with van der Waals surface area (Å²) in [7, 11) is 0. The van der Waals surface area contributed by atoms with Gasteiger partial charge in [0.25, 0.3) is 0 Å². The fourth-order valence-electron chi connectivity index (χ4n) is 2.30. The molecule has 0 aliphatic rings. The summed E-state index contributed by atoms with van der Waals surface area (Å²) in [6.45, 7) is 0.530. The Balaban J connectivity index is 1.72. The highest BCUT2D eigenvalue weighted by Gasteiger charge is 2.29. The third-order valence-corrected chi connectivity index (χ3v) is 3.66. The number of anilines is 4. The molecule has 0 saturated heterocycles. The number of hydrogen-bond donors (Lipinski definition) is 3. The van der Waals surface area contributed by atoms with Crippen LogP contribution < -0.4 is 16.4 Å². The van der Waals surface area contributed by atoms with Gasteiger partial charge in [-0.3, -0.25) is 0 Å². The van der Waals surface area contributed by atoms with Gasteiger partial charge in [-0.1, -0.05) is 30.3 Å². The molecule has 0 saturated carbocycles. The number of benzene rings is 2. The second-order valence-electron chi connectivity index (χ2n) is 5.52. The van der Waals surface area contributed by atoms with Crippen molar-refractivity contribution in [1.82, 2.24) is 9.97 Å². The molecule has 2 aromatic carbocycles. The van der Waals surface area contributed by atoms with Gasteiger partial charge in [0.2, 0.25) is 0 Å². The fourth-order valence-corrected chi connectivity index (χ4v) is 2.30. The lowest BCUT2D eigenvalue weighted by Crippen LogP contribution is -2.08. The van der Waals surface area contributed by atoms with Gasteiger partial charge in [0.1, 0.15) is 12.0 Å². The molecule has 0 unspecified atom stereocenters. The van der Waals surface area contributed by atoms with Gasteiger partial charge in [-0.25, -0.2) is 9.97 Å². The molecule has 0 bridgehead atoms. The summed E-state index contributed by atoms with van der Waals surface area (Å²) in [6.07, 6.45) is -3.04. The van der Waals surface area contributed by atoms with E-state index < -0.39 is 11.7 Å². The van der Waals surface area contributed by atoms with Crippen molar-refractivity contribution in [2.45, 2.75) is 12.7 Å². The molecule has 0 aliphatic carbocycles. The molecule has 4 N–H and O–H groups in total. The number of nitrogen functional groups attached to an aromatic ring is 1. The molecule has 3 aromatic rings. The van der Waals surface area contributed by atoms with E-state index in [0.717, 1.165) is 17.7 Å². The lowest BCUT2D eigenvalue weighted by atomic mass is 10.2. The Bertz CT molecular complexity index is 864. The maximum absolute atomic E-state index is 12.6.